The molecule has 1 fully saturated rings. The molecule has 3 heterocycles. The summed E-state index contributed by atoms with van der Waals surface area (Å²) >= 11 is 1.86. The number of amides is 1. The lowest BCUT2D eigenvalue weighted by molar-refractivity contribution is -0.131. The molecule has 1 aliphatic rings. The van der Waals surface area contributed by atoms with Gasteiger partial charge in [0.05, 0.1) is 5.69 Å². The Labute approximate surface area is 159 Å². The van der Waals surface area contributed by atoms with Crippen molar-refractivity contribution in [3.8, 4) is 11.3 Å². The first kappa shape index (κ1) is 17.8. The number of hydrogen-bond donors (Lipinski definition) is 0. The van der Waals surface area contributed by atoms with Gasteiger partial charge in [-0.1, -0.05) is 0 Å². The molecule has 0 saturated carbocycles. The highest BCUT2D eigenvalue weighted by Crippen LogP contribution is 2.18. The molecule has 27 heavy (non-hydrogen) atoms. The molecule has 0 unspecified atom stereocenters. The second kappa shape index (κ2) is 7.56. The van der Waals surface area contributed by atoms with E-state index in [0.717, 1.165) is 30.2 Å². The number of halogens is 1. The fraction of sp³-hybridized carbons (Fsp3) is 0.316. The molecular weight excluding hydrogens is 367 g/mol. The lowest BCUT2D eigenvalue weighted by Crippen LogP contribution is -2.38. The Hall–Kier alpha value is -2.61. The Morgan fingerprint density at radius 2 is 1.89 bits per heavy atom. The van der Waals surface area contributed by atoms with E-state index in [4.69, 9.17) is 0 Å². The van der Waals surface area contributed by atoms with Crippen molar-refractivity contribution in [1.29, 1.82) is 0 Å². The van der Waals surface area contributed by atoms with Crippen LogP contribution in [0.25, 0.3) is 16.8 Å². The number of aryl methyl sites for hydroxylation is 1. The third-order valence-corrected chi connectivity index (χ3v) is 5.62. The van der Waals surface area contributed by atoms with Crippen molar-refractivity contribution >= 4 is 23.2 Å². The fourth-order valence-corrected chi connectivity index (χ4v) is 4.05. The number of rotatable bonds is 4. The number of nitrogens with zero attached hydrogens (tertiary/aromatic N) is 4. The second-order valence-electron chi connectivity index (χ2n) is 6.41. The van der Waals surface area contributed by atoms with Gasteiger partial charge < -0.3 is 9.47 Å². The first-order valence-corrected chi connectivity index (χ1v) is 9.97. The van der Waals surface area contributed by atoms with Crippen molar-refractivity contribution in [3.05, 3.63) is 58.9 Å². The van der Waals surface area contributed by atoms with Gasteiger partial charge >= 0.3 is 0 Å². The van der Waals surface area contributed by atoms with Crippen molar-refractivity contribution < 1.29 is 9.18 Å². The largest absolute Gasteiger partial charge is 0.341 e. The van der Waals surface area contributed by atoms with E-state index in [0.29, 0.717) is 24.2 Å². The van der Waals surface area contributed by atoms with Crippen molar-refractivity contribution in [2.75, 3.05) is 24.6 Å². The zero-order valence-corrected chi connectivity index (χ0v) is 15.5. The van der Waals surface area contributed by atoms with E-state index in [2.05, 4.69) is 5.10 Å². The Morgan fingerprint density at radius 1 is 1.15 bits per heavy atom. The molecule has 6 nitrogen and oxygen atoms in total. The maximum atomic E-state index is 13.1. The molecule has 0 bridgehead atoms. The minimum atomic E-state index is -0.318. The minimum absolute atomic E-state index is 0.0857. The van der Waals surface area contributed by atoms with Gasteiger partial charge in [0.2, 0.25) is 5.91 Å². The molecule has 0 atom stereocenters. The van der Waals surface area contributed by atoms with Crippen LogP contribution < -0.4 is 5.56 Å². The van der Waals surface area contributed by atoms with Crippen LogP contribution in [0.5, 0.6) is 0 Å². The van der Waals surface area contributed by atoms with Gasteiger partial charge in [-0.2, -0.15) is 16.9 Å². The lowest BCUT2D eigenvalue weighted by atomic mass is 10.1. The normalized spacial score (nSPS) is 14.6. The Morgan fingerprint density at radius 3 is 2.63 bits per heavy atom. The highest BCUT2D eigenvalue weighted by atomic mass is 32.2. The molecule has 1 aliphatic heterocycles. The van der Waals surface area contributed by atoms with Crippen molar-refractivity contribution in [3.63, 3.8) is 0 Å². The Balaban J connectivity index is 1.54. The molecule has 140 valence electrons. The first-order valence-electron chi connectivity index (χ1n) is 8.82. The number of carbonyl (C=O) groups is 1. The van der Waals surface area contributed by atoms with E-state index in [9.17, 15) is 14.0 Å². The summed E-state index contributed by atoms with van der Waals surface area (Å²) in [7, 11) is 0. The van der Waals surface area contributed by atoms with E-state index in [1.54, 1.807) is 35.2 Å². The number of hydrogen-bond acceptors (Lipinski definition) is 4. The quantitative estimate of drug-likeness (QED) is 0.690. The first-order chi connectivity index (χ1) is 13.1. The predicted octanol–water partition coefficient (Wildman–Crippen LogP) is 2.27. The highest BCUT2D eigenvalue weighted by molar-refractivity contribution is 7.99. The van der Waals surface area contributed by atoms with Crippen molar-refractivity contribution in [2.45, 2.75) is 13.0 Å². The molecule has 2 aromatic heterocycles. The van der Waals surface area contributed by atoms with Gasteiger partial charge in [0.25, 0.3) is 5.56 Å². The lowest BCUT2D eigenvalue weighted by Gasteiger charge is -2.26. The molecule has 1 saturated heterocycles. The monoisotopic (exact) mass is 386 g/mol. The summed E-state index contributed by atoms with van der Waals surface area (Å²) < 4.78 is 16.2. The van der Waals surface area contributed by atoms with E-state index < -0.39 is 0 Å². The smallest absolute Gasteiger partial charge is 0.276 e. The standard InChI is InChI=1S/C19H19FN4O2S/c20-15-3-1-14(2-4-15)16-13-17-19(26)23(7-8-24(17)21-16)6-5-18(25)22-9-11-27-12-10-22/h1-4,7-8,13H,5-6,9-12H2. The summed E-state index contributed by atoms with van der Waals surface area (Å²) in [5.74, 6) is 1.71. The summed E-state index contributed by atoms with van der Waals surface area (Å²) in [4.78, 5) is 26.9. The number of thioether (sulfide) groups is 1. The van der Waals surface area contributed by atoms with Crippen molar-refractivity contribution in [1.82, 2.24) is 19.1 Å². The summed E-state index contributed by atoms with van der Waals surface area (Å²) in [6.07, 6.45) is 3.65. The third-order valence-electron chi connectivity index (χ3n) is 4.67. The van der Waals surface area contributed by atoms with Crippen LogP contribution in [0.4, 0.5) is 4.39 Å². The zero-order chi connectivity index (χ0) is 18.8. The Kier molecular flexibility index (Phi) is 4.98. The molecule has 4 rings (SSSR count). The highest BCUT2D eigenvalue weighted by Gasteiger charge is 2.17. The van der Waals surface area contributed by atoms with Gasteiger partial charge in [-0.3, -0.25) is 9.59 Å². The summed E-state index contributed by atoms with van der Waals surface area (Å²) in [5, 5.41) is 4.39. The number of benzene rings is 1. The average molecular weight is 386 g/mol. The van der Waals surface area contributed by atoms with Crippen LogP contribution in [0.3, 0.4) is 0 Å². The second-order valence-corrected chi connectivity index (χ2v) is 7.63. The van der Waals surface area contributed by atoms with E-state index >= 15 is 0 Å². The van der Waals surface area contributed by atoms with Gasteiger partial charge in [0.15, 0.2) is 0 Å². The van der Waals surface area contributed by atoms with Crippen LogP contribution in [0.1, 0.15) is 6.42 Å². The molecular formula is C19H19FN4O2S. The molecule has 0 N–H and O–H groups in total. The predicted molar refractivity (Wildman–Crippen MR) is 103 cm³/mol. The topological polar surface area (TPSA) is 59.6 Å². The van der Waals surface area contributed by atoms with E-state index in [-0.39, 0.29) is 17.3 Å². The van der Waals surface area contributed by atoms with E-state index in [1.807, 2.05) is 16.7 Å². The van der Waals surface area contributed by atoms with Gasteiger partial charge in [-0.05, 0) is 30.3 Å². The zero-order valence-electron chi connectivity index (χ0n) is 14.7. The number of aromatic nitrogens is 3. The fourth-order valence-electron chi connectivity index (χ4n) is 3.15. The summed E-state index contributed by atoms with van der Waals surface area (Å²) in [5.41, 5.74) is 1.58. The SMILES string of the molecule is O=C(CCn1ccn2nc(-c3ccc(F)cc3)cc2c1=O)N1CCSCC1. The third kappa shape index (κ3) is 3.75. The van der Waals surface area contributed by atoms with Crippen LogP contribution in [0, 0.1) is 5.82 Å². The van der Waals surface area contributed by atoms with Gasteiger partial charge in [-0.25, -0.2) is 8.91 Å². The van der Waals surface area contributed by atoms with Gasteiger partial charge in [-0.15, -0.1) is 0 Å². The maximum Gasteiger partial charge on any atom is 0.276 e. The van der Waals surface area contributed by atoms with Crippen LogP contribution in [-0.2, 0) is 11.3 Å². The molecule has 0 radical (unpaired) electrons. The summed E-state index contributed by atoms with van der Waals surface area (Å²) in [6.45, 7) is 1.90. The summed E-state index contributed by atoms with van der Waals surface area (Å²) in [6, 6.07) is 7.68. The molecule has 0 spiro atoms. The molecule has 1 aromatic carbocycles. The number of carbonyl (C=O) groups excluding carboxylic acids is 1. The van der Waals surface area contributed by atoms with Crippen LogP contribution in [0.15, 0.2) is 47.5 Å². The van der Waals surface area contributed by atoms with E-state index in [1.165, 1.54) is 16.6 Å². The van der Waals surface area contributed by atoms with Crippen molar-refractivity contribution in [2.24, 2.45) is 0 Å². The maximum absolute atomic E-state index is 13.1. The average Bonchev–Trinajstić information content (AvgIpc) is 3.14. The van der Waals surface area contributed by atoms with Crippen LogP contribution in [0.2, 0.25) is 0 Å². The molecule has 8 heteroatoms. The van der Waals surface area contributed by atoms with Crippen LogP contribution >= 0.6 is 11.8 Å². The molecule has 3 aromatic rings. The Bertz CT molecular complexity index is 1020. The van der Waals surface area contributed by atoms with Gasteiger partial charge in [0, 0.05) is 55.5 Å². The number of fused-ring (bicyclic) bond motifs is 1. The van der Waals surface area contributed by atoms with Crippen LogP contribution in [-0.4, -0.2) is 49.6 Å². The van der Waals surface area contributed by atoms with Gasteiger partial charge in [0.1, 0.15) is 11.3 Å². The molecule has 1 amide bonds. The minimum Gasteiger partial charge on any atom is -0.341 e. The molecule has 0 aliphatic carbocycles.